The van der Waals surface area contributed by atoms with Gasteiger partial charge in [-0.2, -0.15) is 5.10 Å². The van der Waals surface area contributed by atoms with Gasteiger partial charge in [0.15, 0.2) is 5.69 Å². The first kappa shape index (κ1) is 19.3. The van der Waals surface area contributed by atoms with E-state index in [0.717, 1.165) is 5.39 Å². The van der Waals surface area contributed by atoms with Gasteiger partial charge in [-0.3, -0.25) is 30.2 Å². The number of nitrogens with one attached hydrogen (secondary N) is 2. The smallest absolute Gasteiger partial charge is 0.267 e. The summed E-state index contributed by atoms with van der Waals surface area (Å²) in [5, 5.41) is 6.55. The zero-order valence-electron chi connectivity index (χ0n) is 16.4. The van der Waals surface area contributed by atoms with E-state index in [-0.39, 0.29) is 23.0 Å². The van der Waals surface area contributed by atoms with Crippen LogP contribution in [0.5, 0.6) is 0 Å². The average Bonchev–Trinajstić information content (AvgIpc) is 2.77. The zero-order valence-corrected chi connectivity index (χ0v) is 16.4. The van der Waals surface area contributed by atoms with Gasteiger partial charge in [0.05, 0.1) is 11.4 Å². The highest BCUT2D eigenvalue weighted by Crippen LogP contribution is 2.17. The number of hydrogen-bond acceptors (Lipinski definition) is 5. The van der Waals surface area contributed by atoms with Gasteiger partial charge in [-0.1, -0.05) is 42.5 Å². The van der Waals surface area contributed by atoms with E-state index < -0.39 is 11.8 Å². The Labute approximate surface area is 171 Å². The molecule has 0 unspecified atom stereocenters. The van der Waals surface area contributed by atoms with Crippen molar-refractivity contribution in [3.05, 3.63) is 82.5 Å². The summed E-state index contributed by atoms with van der Waals surface area (Å²) in [6.07, 6.45) is 1.53. The van der Waals surface area contributed by atoms with E-state index >= 15 is 0 Å². The molecule has 8 heteroatoms. The molecule has 8 nitrogen and oxygen atoms in total. The zero-order chi connectivity index (χ0) is 21.3. The highest BCUT2D eigenvalue weighted by atomic mass is 16.2. The summed E-state index contributed by atoms with van der Waals surface area (Å²) in [5.41, 5.74) is 4.73. The first-order chi connectivity index (χ1) is 14.5. The van der Waals surface area contributed by atoms with Crippen LogP contribution in [0.4, 0.5) is 0 Å². The van der Waals surface area contributed by atoms with Crippen molar-refractivity contribution < 1.29 is 9.59 Å². The molecule has 2 N–H and O–H groups in total. The van der Waals surface area contributed by atoms with Crippen molar-refractivity contribution in [2.24, 2.45) is 0 Å². The molecule has 2 amide bonds. The van der Waals surface area contributed by atoms with E-state index in [1.54, 1.807) is 50.2 Å². The molecule has 2 aromatic carbocycles. The van der Waals surface area contributed by atoms with Gasteiger partial charge >= 0.3 is 0 Å². The number of fused-ring (bicyclic) bond motifs is 2. The number of carbonyl (C=O) groups is 2. The van der Waals surface area contributed by atoms with Crippen LogP contribution in [0.25, 0.3) is 21.5 Å². The predicted octanol–water partition coefficient (Wildman–Crippen LogP) is 2.60. The molecule has 0 bridgehead atoms. The number of pyridine rings is 1. The monoisotopic (exact) mass is 401 g/mol. The second-order valence-corrected chi connectivity index (χ2v) is 7.03. The molecule has 4 aromatic rings. The number of hydrogen-bond donors (Lipinski definition) is 2. The van der Waals surface area contributed by atoms with Gasteiger partial charge in [-0.25, -0.2) is 4.68 Å². The van der Waals surface area contributed by atoms with Crippen LogP contribution in [-0.2, 0) is 0 Å². The second kappa shape index (κ2) is 7.75. The molecular weight excluding hydrogens is 382 g/mol. The molecule has 4 rings (SSSR count). The van der Waals surface area contributed by atoms with Gasteiger partial charge in [0.1, 0.15) is 5.69 Å². The summed E-state index contributed by atoms with van der Waals surface area (Å²) in [7, 11) is 0. The lowest BCUT2D eigenvalue weighted by atomic mass is 10.1. The number of rotatable bonds is 3. The highest BCUT2D eigenvalue weighted by molar-refractivity contribution is 6.08. The van der Waals surface area contributed by atoms with Crippen LogP contribution < -0.4 is 16.4 Å². The molecule has 0 aliphatic heterocycles. The molecule has 0 saturated heterocycles. The summed E-state index contributed by atoms with van der Waals surface area (Å²) in [5.74, 6) is -1.18. The molecule has 2 heterocycles. The van der Waals surface area contributed by atoms with Gasteiger partial charge in [0.2, 0.25) is 0 Å². The van der Waals surface area contributed by atoms with Crippen molar-refractivity contribution in [1.29, 1.82) is 0 Å². The molecule has 30 heavy (non-hydrogen) atoms. The Morgan fingerprint density at radius 2 is 1.43 bits per heavy atom. The van der Waals surface area contributed by atoms with Crippen molar-refractivity contribution in [1.82, 2.24) is 25.6 Å². The minimum Gasteiger partial charge on any atom is -0.267 e. The number of amides is 2. The summed E-state index contributed by atoms with van der Waals surface area (Å²) in [4.78, 5) is 42.2. The van der Waals surface area contributed by atoms with Crippen molar-refractivity contribution in [3.63, 3.8) is 0 Å². The van der Waals surface area contributed by atoms with Crippen molar-refractivity contribution >= 4 is 33.4 Å². The highest BCUT2D eigenvalue weighted by Gasteiger charge is 2.19. The lowest BCUT2D eigenvalue weighted by molar-refractivity contribution is 0.0842. The van der Waals surface area contributed by atoms with Gasteiger partial charge < -0.3 is 0 Å². The fourth-order valence-electron chi connectivity index (χ4n) is 3.26. The third-order valence-corrected chi connectivity index (χ3v) is 4.71. The van der Waals surface area contributed by atoms with Crippen molar-refractivity contribution in [2.45, 2.75) is 19.9 Å². The van der Waals surface area contributed by atoms with E-state index in [0.29, 0.717) is 16.2 Å². The maximum absolute atomic E-state index is 12.8. The molecule has 0 radical (unpaired) electrons. The van der Waals surface area contributed by atoms with Crippen LogP contribution in [0.1, 0.15) is 40.9 Å². The Hall–Kier alpha value is -4.07. The molecule has 150 valence electrons. The fraction of sp³-hybridized carbons (Fsp3) is 0.136. The topological polar surface area (TPSA) is 106 Å². The summed E-state index contributed by atoms with van der Waals surface area (Å²) in [6, 6.07) is 15.6. The number of hydrazine groups is 1. The fourth-order valence-corrected chi connectivity index (χ4v) is 3.26. The average molecular weight is 401 g/mol. The van der Waals surface area contributed by atoms with Crippen molar-refractivity contribution in [2.75, 3.05) is 0 Å². The Kier molecular flexibility index (Phi) is 4.97. The maximum Gasteiger partial charge on any atom is 0.290 e. The summed E-state index contributed by atoms with van der Waals surface area (Å²) in [6.45, 7) is 3.61. The second-order valence-electron chi connectivity index (χ2n) is 7.03. The molecule has 0 fully saturated rings. The largest absolute Gasteiger partial charge is 0.290 e. The van der Waals surface area contributed by atoms with E-state index in [4.69, 9.17) is 0 Å². The van der Waals surface area contributed by atoms with Gasteiger partial charge in [-0.05, 0) is 31.4 Å². The number of aromatic nitrogens is 3. The molecular formula is C22H19N5O3. The molecule has 0 spiro atoms. The van der Waals surface area contributed by atoms with Crippen LogP contribution in [0, 0.1) is 0 Å². The van der Waals surface area contributed by atoms with Crippen LogP contribution in [0.2, 0.25) is 0 Å². The molecule has 0 atom stereocenters. The van der Waals surface area contributed by atoms with Crippen LogP contribution in [0.3, 0.4) is 0 Å². The van der Waals surface area contributed by atoms with Crippen LogP contribution in [-0.4, -0.2) is 26.6 Å². The number of benzene rings is 2. The molecule has 0 saturated carbocycles. The third-order valence-electron chi connectivity index (χ3n) is 4.71. The Bertz CT molecular complexity index is 1340. The van der Waals surface area contributed by atoms with Gasteiger partial charge in [0, 0.05) is 17.0 Å². The Morgan fingerprint density at radius 1 is 0.833 bits per heavy atom. The van der Waals surface area contributed by atoms with Crippen LogP contribution >= 0.6 is 0 Å². The SMILES string of the molecule is CC(C)n1nc(C(=O)NNC(=O)c2nccc3ccccc23)c2ccccc2c1=O. The lowest BCUT2D eigenvalue weighted by Gasteiger charge is -2.14. The standard InChI is InChI=1S/C22H19N5O3/c1-13(2)27-22(30)17-10-6-5-9-16(17)19(26-27)21(29)25-24-20(28)18-15-8-4-3-7-14(15)11-12-23-18/h3-13H,1-2H3,(H,24,28)(H,25,29). The third kappa shape index (κ3) is 3.39. The van der Waals surface area contributed by atoms with Crippen molar-refractivity contribution in [3.8, 4) is 0 Å². The Morgan fingerprint density at radius 3 is 2.13 bits per heavy atom. The molecule has 0 aliphatic carbocycles. The first-order valence-corrected chi connectivity index (χ1v) is 9.43. The lowest BCUT2D eigenvalue weighted by Crippen LogP contribution is -2.43. The quantitative estimate of drug-likeness (QED) is 0.513. The molecule has 0 aliphatic rings. The number of carbonyl (C=O) groups excluding carboxylic acids is 2. The summed E-state index contributed by atoms with van der Waals surface area (Å²) >= 11 is 0. The summed E-state index contributed by atoms with van der Waals surface area (Å²) < 4.78 is 1.26. The number of nitrogens with zero attached hydrogens (tertiary/aromatic N) is 3. The van der Waals surface area contributed by atoms with Gasteiger partial charge in [0.25, 0.3) is 17.4 Å². The molecule has 2 aromatic heterocycles. The maximum atomic E-state index is 12.8. The van der Waals surface area contributed by atoms with E-state index in [1.807, 2.05) is 18.2 Å². The first-order valence-electron chi connectivity index (χ1n) is 9.43. The van der Waals surface area contributed by atoms with Gasteiger partial charge in [-0.15, -0.1) is 0 Å². The van der Waals surface area contributed by atoms with E-state index in [2.05, 4.69) is 20.9 Å². The van der Waals surface area contributed by atoms with Crippen LogP contribution in [0.15, 0.2) is 65.6 Å². The van der Waals surface area contributed by atoms with E-state index in [9.17, 15) is 14.4 Å². The minimum absolute atomic E-state index is 0.0464. The Balaban J connectivity index is 1.65. The predicted molar refractivity (Wildman–Crippen MR) is 113 cm³/mol. The minimum atomic E-state index is -0.630. The van der Waals surface area contributed by atoms with E-state index in [1.165, 1.54) is 10.9 Å². The normalized spacial score (nSPS) is 11.0.